The molecule has 4 aromatic rings. The van der Waals surface area contributed by atoms with Gasteiger partial charge in [0.25, 0.3) is 0 Å². The van der Waals surface area contributed by atoms with Crippen LogP contribution in [0, 0.1) is 0 Å². The summed E-state index contributed by atoms with van der Waals surface area (Å²) >= 11 is 7.56. The van der Waals surface area contributed by atoms with Crippen molar-refractivity contribution in [3.05, 3.63) is 64.4 Å². The monoisotopic (exact) mass is 592 g/mol. The van der Waals surface area contributed by atoms with E-state index in [-0.39, 0.29) is 11.7 Å². The van der Waals surface area contributed by atoms with Gasteiger partial charge in [-0.25, -0.2) is 4.68 Å². The van der Waals surface area contributed by atoms with Crippen molar-refractivity contribution in [3.63, 3.8) is 0 Å². The number of rotatable bonds is 11. The molecule has 0 saturated carbocycles. The highest BCUT2D eigenvalue weighted by Gasteiger charge is 2.14. The predicted octanol–water partition coefficient (Wildman–Crippen LogP) is 4.25. The van der Waals surface area contributed by atoms with Crippen molar-refractivity contribution >= 4 is 67.5 Å². The van der Waals surface area contributed by atoms with Crippen LogP contribution in [-0.2, 0) is 17.1 Å². The molecule has 2 heterocycles. The lowest BCUT2D eigenvalue weighted by molar-refractivity contribution is -0.113. The Morgan fingerprint density at radius 1 is 1.14 bits per heavy atom. The molecule has 10 nitrogen and oxygen atoms in total. The standard InChI is InChI=1S/C21H21BrN8O2S3/c1-32-16-7-5-15(6-8-16)24-10-17-26-28-20(30(17)23)33-12-18(31)25-19-27-29-21(35-19)34-11-13-3-2-4-14(22)9-13/h2-9,24H,10-12,23H2,1H3,(H,25,27,31). The van der Waals surface area contributed by atoms with E-state index in [0.717, 1.165) is 26.0 Å². The molecule has 0 radical (unpaired) electrons. The zero-order valence-electron chi connectivity index (χ0n) is 18.5. The number of thioether (sulfide) groups is 2. The van der Waals surface area contributed by atoms with Crippen LogP contribution in [0.15, 0.2) is 62.5 Å². The second kappa shape index (κ2) is 12.2. The fourth-order valence-electron chi connectivity index (χ4n) is 2.79. The molecule has 0 spiro atoms. The highest BCUT2D eigenvalue weighted by molar-refractivity contribution is 9.10. The molecule has 0 unspecified atom stereocenters. The molecule has 35 heavy (non-hydrogen) atoms. The molecule has 0 aliphatic carbocycles. The highest BCUT2D eigenvalue weighted by Crippen LogP contribution is 2.29. The summed E-state index contributed by atoms with van der Waals surface area (Å²) in [6.45, 7) is 0.383. The summed E-state index contributed by atoms with van der Waals surface area (Å²) in [5, 5.41) is 23.2. The van der Waals surface area contributed by atoms with Gasteiger partial charge in [-0.3, -0.25) is 10.1 Å². The number of nitrogens with one attached hydrogen (secondary N) is 2. The lowest BCUT2D eigenvalue weighted by atomic mass is 10.2. The van der Waals surface area contributed by atoms with Gasteiger partial charge in [-0.15, -0.1) is 20.4 Å². The van der Waals surface area contributed by atoms with Gasteiger partial charge in [-0.2, -0.15) is 0 Å². The number of amides is 1. The summed E-state index contributed by atoms with van der Waals surface area (Å²) in [6, 6.07) is 15.6. The first-order valence-electron chi connectivity index (χ1n) is 10.2. The number of hydrogen-bond donors (Lipinski definition) is 3. The van der Waals surface area contributed by atoms with Gasteiger partial charge in [-0.1, -0.05) is 62.9 Å². The topological polar surface area (TPSA) is 133 Å². The Bertz CT molecular complexity index is 1280. The maximum Gasteiger partial charge on any atom is 0.236 e. The average Bonchev–Trinajstić information content (AvgIpc) is 3.46. The van der Waals surface area contributed by atoms with Crippen molar-refractivity contribution in [2.45, 2.75) is 21.8 Å². The molecule has 2 aromatic carbocycles. The predicted molar refractivity (Wildman–Crippen MR) is 143 cm³/mol. The van der Waals surface area contributed by atoms with Gasteiger partial charge in [0.2, 0.25) is 16.2 Å². The fourth-order valence-corrected chi connectivity index (χ4v) is 5.63. The summed E-state index contributed by atoms with van der Waals surface area (Å²) in [5.74, 6) is 8.07. The minimum atomic E-state index is -0.226. The number of nitrogen functional groups attached to an aromatic ring is 1. The second-order valence-electron chi connectivity index (χ2n) is 6.98. The minimum Gasteiger partial charge on any atom is -0.497 e. The first-order valence-corrected chi connectivity index (χ1v) is 13.8. The van der Waals surface area contributed by atoms with E-state index >= 15 is 0 Å². The van der Waals surface area contributed by atoms with Crippen LogP contribution in [0.4, 0.5) is 10.8 Å². The molecular formula is C21H21BrN8O2S3. The molecule has 0 bridgehead atoms. The van der Waals surface area contributed by atoms with Crippen LogP contribution in [0.25, 0.3) is 0 Å². The van der Waals surface area contributed by atoms with Gasteiger partial charge in [0.15, 0.2) is 10.2 Å². The summed E-state index contributed by atoms with van der Waals surface area (Å²) in [6.07, 6.45) is 0. The normalized spacial score (nSPS) is 10.8. The maximum atomic E-state index is 12.4. The lowest BCUT2D eigenvalue weighted by Gasteiger charge is -2.07. The van der Waals surface area contributed by atoms with E-state index in [0.29, 0.717) is 22.7 Å². The number of nitrogens with two attached hydrogens (primary N) is 1. The van der Waals surface area contributed by atoms with Crippen molar-refractivity contribution < 1.29 is 9.53 Å². The van der Waals surface area contributed by atoms with Gasteiger partial charge in [0.1, 0.15) is 5.75 Å². The molecule has 4 N–H and O–H groups in total. The molecule has 0 aliphatic heterocycles. The van der Waals surface area contributed by atoms with Crippen LogP contribution in [0.2, 0.25) is 0 Å². The number of halogens is 1. The molecule has 14 heteroatoms. The maximum absolute atomic E-state index is 12.4. The average molecular weight is 594 g/mol. The van der Waals surface area contributed by atoms with Crippen LogP contribution in [-0.4, -0.2) is 43.8 Å². The zero-order chi connectivity index (χ0) is 24.6. The number of methoxy groups -OCH3 is 1. The van der Waals surface area contributed by atoms with Crippen LogP contribution in [0.5, 0.6) is 5.75 Å². The Morgan fingerprint density at radius 2 is 1.97 bits per heavy atom. The van der Waals surface area contributed by atoms with E-state index in [9.17, 15) is 4.79 Å². The van der Waals surface area contributed by atoms with Gasteiger partial charge < -0.3 is 15.9 Å². The number of benzene rings is 2. The first kappa shape index (κ1) is 25.3. The molecular weight excluding hydrogens is 572 g/mol. The zero-order valence-corrected chi connectivity index (χ0v) is 22.5. The Labute approximate surface area is 222 Å². The fraction of sp³-hybridized carbons (Fsp3) is 0.190. The first-order chi connectivity index (χ1) is 17.0. The van der Waals surface area contributed by atoms with Crippen LogP contribution in [0.3, 0.4) is 0 Å². The molecule has 182 valence electrons. The summed E-state index contributed by atoms with van der Waals surface area (Å²) in [7, 11) is 1.62. The Balaban J connectivity index is 1.22. The summed E-state index contributed by atoms with van der Waals surface area (Å²) in [4.78, 5) is 12.4. The lowest BCUT2D eigenvalue weighted by Crippen LogP contribution is -2.18. The SMILES string of the molecule is COc1ccc(NCc2nnc(SCC(=O)Nc3nnc(SCc4cccc(Br)c4)s3)n2N)cc1. The number of hydrogen-bond acceptors (Lipinski definition) is 11. The summed E-state index contributed by atoms with van der Waals surface area (Å²) in [5.41, 5.74) is 2.07. The van der Waals surface area contributed by atoms with Crippen molar-refractivity contribution in [2.75, 3.05) is 29.3 Å². The number of nitrogens with zero attached hydrogens (tertiary/aromatic N) is 5. The number of ether oxygens (including phenoxy) is 1. The van der Waals surface area contributed by atoms with Crippen LogP contribution >= 0.6 is 50.8 Å². The van der Waals surface area contributed by atoms with Crippen LogP contribution < -0.4 is 21.2 Å². The molecule has 4 rings (SSSR count). The molecule has 0 saturated heterocycles. The van der Waals surface area contributed by atoms with Gasteiger partial charge in [-0.05, 0) is 42.0 Å². The molecule has 1 amide bonds. The molecule has 0 fully saturated rings. The largest absolute Gasteiger partial charge is 0.497 e. The Kier molecular flexibility index (Phi) is 8.84. The number of carbonyl (C=O) groups is 1. The third-order valence-corrected chi connectivity index (χ3v) is 7.99. The van der Waals surface area contributed by atoms with Crippen molar-refractivity contribution in [3.8, 4) is 5.75 Å². The Hall–Kier alpha value is -2.81. The van der Waals surface area contributed by atoms with E-state index < -0.39 is 0 Å². The number of aromatic nitrogens is 5. The van der Waals surface area contributed by atoms with Gasteiger partial charge >= 0.3 is 0 Å². The van der Waals surface area contributed by atoms with Gasteiger partial charge in [0, 0.05) is 15.9 Å². The molecule has 2 aromatic heterocycles. The van der Waals surface area contributed by atoms with E-state index in [1.165, 1.54) is 33.3 Å². The third-order valence-electron chi connectivity index (χ3n) is 4.51. The van der Waals surface area contributed by atoms with E-state index in [4.69, 9.17) is 10.6 Å². The van der Waals surface area contributed by atoms with Crippen molar-refractivity contribution in [1.82, 2.24) is 25.1 Å². The smallest absolute Gasteiger partial charge is 0.236 e. The molecule has 0 atom stereocenters. The number of anilines is 2. The number of carbonyl (C=O) groups excluding carboxylic acids is 1. The van der Waals surface area contributed by atoms with E-state index in [2.05, 4.69) is 59.1 Å². The third kappa shape index (κ3) is 7.34. The Morgan fingerprint density at radius 3 is 2.74 bits per heavy atom. The summed E-state index contributed by atoms with van der Waals surface area (Å²) < 4.78 is 8.34. The highest BCUT2D eigenvalue weighted by atomic mass is 79.9. The van der Waals surface area contributed by atoms with Crippen molar-refractivity contribution in [1.29, 1.82) is 0 Å². The molecule has 0 aliphatic rings. The second-order valence-corrected chi connectivity index (χ2v) is 11.0. The minimum absolute atomic E-state index is 0.112. The quantitative estimate of drug-likeness (QED) is 0.132. The van der Waals surface area contributed by atoms with Gasteiger partial charge in [0.05, 0.1) is 19.4 Å². The van der Waals surface area contributed by atoms with Crippen LogP contribution in [0.1, 0.15) is 11.4 Å². The van der Waals surface area contributed by atoms with E-state index in [1.807, 2.05) is 36.4 Å². The van der Waals surface area contributed by atoms with E-state index in [1.54, 1.807) is 18.9 Å². The van der Waals surface area contributed by atoms with Crippen molar-refractivity contribution in [2.24, 2.45) is 0 Å².